The lowest BCUT2D eigenvalue weighted by molar-refractivity contribution is -0.140. The van der Waals surface area contributed by atoms with Crippen LogP contribution < -0.4 is 14.4 Å². The van der Waals surface area contributed by atoms with Crippen molar-refractivity contribution in [2.45, 2.75) is 57.5 Å². The Bertz CT molecular complexity index is 1340. The van der Waals surface area contributed by atoms with E-state index < -0.39 is 28.5 Å². The number of rotatable bonds is 14. The Labute approximate surface area is 238 Å². The minimum absolute atomic E-state index is 0.0284. The fraction of sp³-hybridized carbons (Fsp3) is 0.355. The summed E-state index contributed by atoms with van der Waals surface area (Å²) < 4.78 is 34.1. The zero-order valence-electron chi connectivity index (χ0n) is 23.7. The highest BCUT2D eigenvalue weighted by Gasteiger charge is 2.33. The molecule has 0 aliphatic rings. The van der Waals surface area contributed by atoms with Gasteiger partial charge >= 0.3 is 0 Å². The molecule has 3 rings (SSSR count). The lowest BCUT2D eigenvalue weighted by atomic mass is 10.1. The second-order valence-corrected chi connectivity index (χ2v) is 11.5. The van der Waals surface area contributed by atoms with Gasteiger partial charge in [-0.2, -0.15) is 0 Å². The Balaban J connectivity index is 2.01. The number of carbonyl (C=O) groups excluding carboxylic acids is 2. The molecule has 0 radical (unpaired) electrons. The van der Waals surface area contributed by atoms with Crippen LogP contribution in [0.5, 0.6) is 5.75 Å². The molecule has 0 saturated carbocycles. The van der Waals surface area contributed by atoms with Gasteiger partial charge in [-0.1, -0.05) is 68.3 Å². The number of methoxy groups -OCH3 is 1. The molecule has 0 heterocycles. The molecule has 0 bridgehead atoms. The van der Waals surface area contributed by atoms with E-state index in [1.165, 1.54) is 24.1 Å². The number of amides is 2. The number of aryl methyl sites for hydroxylation is 1. The second-order valence-electron chi connectivity index (χ2n) is 9.60. The standard InChI is InChI=1S/C31H39N3O5S/c1-5-7-21-32-31(36)29(6-2)33(22-25-11-9-8-10-12-25)30(35)23-34(26-15-13-24(3)14-16-26)40(37,38)28-19-17-27(39-4)18-20-28/h8-20,29H,5-7,21-23H2,1-4H3,(H,32,36)/t29-/m0/s1. The first kappa shape index (κ1) is 30.7. The third kappa shape index (κ3) is 7.85. The number of sulfonamides is 1. The normalized spacial score (nSPS) is 11.9. The zero-order valence-corrected chi connectivity index (χ0v) is 24.5. The number of hydrogen-bond acceptors (Lipinski definition) is 5. The Morgan fingerprint density at radius 1 is 0.925 bits per heavy atom. The molecule has 3 aromatic rings. The molecule has 9 heteroatoms. The highest BCUT2D eigenvalue weighted by atomic mass is 32.2. The van der Waals surface area contributed by atoms with Crippen molar-refractivity contribution in [3.63, 3.8) is 0 Å². The molecule has 1 atom stereocenters. The smallest absolute Gasteiger partial charge is 0.264 e. The molecular formula is C31H39N3O5S. The molecular weight excluding hydrogens is 526 g/mol. The van der Waals surface area contributed by atoms with E-state index >= 15 is 0 Å². The summed E-state index contributed by atoms with van der Waals surface area (Å²) in [5, 5.41) is 2.94. The van der Waals surface area contributed by atoms with Crippen molar-refractivity contribution in [1.82, 2.24) is 10.2 Å². The summed E-state index contributed by atoms with van der Waals surface area (Å²) in [6, 6.07) is 21.6. The Morgan fingerprint density at radius 2 is 1.57 bits per heavy atom. The first-order chi connectivity index (χ1) is 19.2. The molecule has 1 N–H and O–H groups in total. The molecule has 0 spiro atoms. The van der Waals surface area contributed by atoms with Crippen molar-refractivity contribution in [3.8, 4) is 5.75 Å². The number of hydrogen-bond donors (Lipinski definition) is 1. The van der Waals surface area contributed by atoms with Gasteiger partial charge in [0.2, 0.25) is 11.8 Å². The topological polar surface area (TPSA) is 96.0 Å². The van der Waals surface area contributed by atoms with Gasteiger partial charge in [0.05, 0.1) is 17.7 Å². The Kier molecular flexibility index (Phi) is 11.1. The van der Waals surface area contributed by atoms with Crippen molar-refractivity contribution in [2.75, 3.05) is 24.5 Å². The third-order valence-electron chi connectivity index (χ3n) is 6.66. The molecule has 2 amide bonds. The molecule has 0 aliphatic heterocycles. The van der Waals surface area contributed by atoms with Crippen LogP contribution >= 0.6 is 0 Å². The number of benzene rings is 3. The summed E-state index contributed by atoms with van der Waals surface area (Å²) in [6.07, 6.45) is 2.14. The Morgan fingerprint density at radius 3 is 2.15 bits per heavy atom. The zero-order chi connectivity index (χ0) is 29.1. The quantitative estimate of drug-likeness (QED) is 0.280. The minimum atomic E-state index is -4.13. The van der Waals surface area contributed by atoms with Crippen LogP contribution in [-0.2, 0) is 26.2 Å². The SMILES string of the molecule is CCCCNC(=O)[C@H](CC)N(Cc1ccccc1)C(=O)CN(c1ccc(C)cc1)S(=O)(=O)c1ccc(OC)cc1. The van der Waals surface area contributed by atoms with E-state index in [1.54, 1.807) is 36.4 Å². The van der Waals surface area contributed by atoms with Crippen LogP contribution in [0.2, 0.25) is 0 Å². The van der Waals surface area contributed by atoms with E-state index in [2.05, 4.69) is 5.32 Å². The van der Waals surface area contributed by atoms with Gasteiger partial charge in [0.25, 0.3) is 10.0 Å². The average Bonchev–Trinajstić information content (AvgIpc) is 2.97. The van der Waals surface area contributed by atoms with Crippen molar-refractivity contribution < 1.29 is 22.7 Å². The third-order valence-corrected chi connectivity index (χ3v) is 8.45. The van der Waals surface area contributed by atoms with Gasteiger partial charge < -0.3 is 15.0 Å². The summed E-state index contributed by atoms with van der Waals surface area (Å²) in [5.74, 6) is -0.204. The molecule has 0 unspecified atom stereocenters. The highest BCUT2D eigenvalue weighted by molar-refractivity contribution is 7.92. The fourth-order valence-electron chi connectivity index (χ4n) is 4.32. The number of anilines is 1. The van der Waals surface area contributed by atoms with Crippen molar-refractivity contribution in [3.05, 3.63) is 90.0 Å². The van der Waals surface area contributed by atoms with Gasteiger partial charge in [0.1, 0.15) is 18.3 Å². The second kappa shape index (κ2) is 14.5. The number of carbonyl (C=O) groups is 2. The summed E-state index contributed by atoms with van der Waals surface area (Å²) in [5.41, 5.74) is 2.16. The maximum atomic E-state index is 14.0. The molecule has 0 aliphatic carbocycles. The summed E-state index contributed by atoms with van der Waals surface area (Å²) >= 11 is 0. The van der Waals surface area contributed by atoms with Crippen LogP contribution in [0, 0.1) is 6.92 Å². The van der Waals surface area contributed by atoms with Crippen LogP contribution in [0.1, 0.15) is 44.2 Å². The van der Waals surface area contributed by atoms with Gasteiger partial charge in [-0.05, 0) is 61.7 Å². The van der Waals surface area contributed by atoms with E-state index in [4.69, 9.17) is 4.74 Å². The van der Waals surface area contributed by atoms with Crippen LogP contribution in [0.4, 0.5) is 5.69 Å². The van der Waals surface area contributed by atoms with Crippen LogP contribution in [-0.4, -0.2) is 51.4 Å². The van der Waals surface area contributed by atoms with Crippen LogP contribution in [0.15, 0.2) is 83.8 Å². The van der Waals surface area contributed by atoms with E-state index in [0.29, 0.717) is 24.4 Å². The first-order valence-corrected chi connectivity index (χ1v) is 15.0. The van der Waals surface area contributed by atoms with E-state index in [-0.39, 0.29) is 17.3 Å². The molecule has 40 heavy (non-hydrogen) atoms. The van der Waals surface area contributed by atoms with E-state index in [0.717, 1.165) is 28.3 Å². The summed E-state index contributed by atoms with van der Waals surface area (Å²) in [7, 11) is -2.63. The van der Waals surface area contributed by atoms with Gasteiger partial charge in [-0.15, -0.1) is 0 Å². The maximum absolute atomic E-state index is 14.0. The highest BCUT2D eigenvalue weighted by Crippen LogP contribution is 2.26. The summed E-state index contributed by atoms with van der Waals surface area (Å²) in [6.45, 7) is 6.01. The predicted molar refractivity (Wildman–Crippen MR) is 158 cm³/mol. The molecule has 3 aromatic carbocycles. The van der Waals surface area contributed by atoms with Crippen molar-refractivity contribution in [1.29, 1.82) is 0 Å². The lowest BCUT2D eigenvalue weighted by Crippen LogP contribution is -2.52. The number of nitrogens with zero attached hydrogens (tertiary/aromatic N) is 2. The monoisotopic (exact) mass is 565 g/mol. The largest absolute Gasteiger partial charge is 0.497 e. The first-order valence-electron chi connectivity index (χ1n) is 13.6. The number of ether oxygens (including phenoxy) is 1. The van der Waals surface area contributed by atoms with Crippen LogP contribution in [0.25, 0.3) is 0 Å². The number of nitrogens with one attached hydrogen (secondary N) is 1. The predicted octanol–water partition coefficient (Wildman–Crippen LogP) is 4.92. The Hall–Kier alpha value is -3.85. The average molecular weight is 566 g/mol. The molecule has 0 aromatic heterocycles. The molecule has 0 saturated heterocycles. The maximum Gasteiger partial charge on any atom is 0.264 e. The molecule has 214 valence electrons. The summed E-state index contributed by atoms with van der Waals surface area (Å²) in [4.78, 5) is 28.8. The fourth-order valence-corrected chi connectivity index (χ4v) is 5.73. The van der Waals surface area contributed by atoms with E-state index in [1.807, 2.05) is 51.1 Å². The van der Waals surface area contributed by atoms with Crippen molar-refractivity contribution in [2.24, 2.45) is 0 Å². The number of unbranched alkanes of at least 4 members (excludes halogenated alkanes) is 1. The van der Waals surface area contributed by atoms with Gasteiger partial charge in [-0.25, -0.2) is 8.42 Å². The minimum Gasteiger partial charge on any atom is -0.497 e. The van der Waals surface area contributed by atoms with Crippen molar-refractivity contribution >= 4 is 27.5 Å². The van der Waals surface area contributed by atoms with Gasteiger partial charge in [-0.3, -0.25) is 13.9 Å². The van der Waals surface area contributed by atoms with Gasteiger partial charge in [0.15, 0.2) is 0 Å². The lowest BCUT2D eigenvalue weighted by Gasteiger charge is -2.33. The van der Waals surface area contributed by atoms with Gasteiger partial charge in [0, 0.05) is 13.1 Å². The molecule has 0 fully saturated rings. The van der Waals surface area contributed by atoms with Crippen LogP contribution in [0.3, 0.4) is 0 Å². The molecule has 8 nitrogen and oxygen atoms in total. The van der Waals surface area contributed by atoms with E-state index in [9.17, 15) is 18.0 Å².